The largest absolute Gasteiger partial charge is 0.383 e. The summed E-state index contributed by atoms with van der Waals surface area (Å²) in [6, 6.07) is 8.41. The van der Waals surface area contributed by atoms with E-state index in [1.165, 1.54) is 22.5 Å². The lowest BCUT2D eigenvalue weighted by molar-refractivity contribution is 0.197. The summed E-state index contributed by atoms with van der Waals surface area (Å²) in [5, 5.41) is 4.78. The molecule has 1 saturated carbocycles. The van der Waals surface area contributed by atoms with Crippen LogP contribution in [0.25, 0.3) is 10.2 Å². The Kier molecular flexibility index (Phi) is 3.82. The van der Waals surface area contributed by atoms with Gasteiger partial charge in [-0.1, -0.05) is 12.1 Å². The van der Waals surface area contributed by atoms with Gasteiger partial charge in [0.1, 0.15) is 0 Å². The van der Waals surface area contributed by atoms with E-state index in [0.717, 1.165) is 31.6 Å². The van der Waals surface area contributed by atoms with Gasteiger partial charge in [0.25, 0.3) is 0 Å². The number of benzene rings is 1. The number of hydrogen-bond donors (Lipinski definition) is 1. The standard InChI is InChI=1S/C15H20N2OS/c1-18-9-8-16-11-15(6-7-15)10-14-17-12-4-2-3-5-13(12)19-14/h2-5,16H,6-11H2,1H3. The summed E-state index contributed by atoms with van der Waals surface area (Å²) in [4.78, 5) is 4.75. The van der Waals surface area contributed by atoms with Crippen LogP contribution in [0.5, 0.6) is 0 Å². The first-order valence-electron chi connectivity index (χ1n) is 6.85. The Labute approximate surface area is 118 Å². The highest BCUT2D eigenvalue weighted by Gasteiger charge is 2.42. The molecule has 1 aliphatic rings. The number of thiazole rings is 1. The number of hydrogen-bond acceptors (Lipinski definition) is 4. The van der Waals surface area contributed by atoms with E-state index >= 15 is 0 Å². The highest BCUT2D eigenvalue weighted by molar-refractivity contribution is 7.18. The van der Waals surface area contributed by atoms with Crippen LogP contribution >= 0.6 is 11.3 Å². The van der Waals surface area contributed by atoms with Crippen molar-refractivity contribution in [3.8, 4) is 0 Å². The van der Waals surface area contributed by atoms with Crippen LogP contribution in [0.1, 0.15) is 17.8 Å². The van der Waals surface area contributed by atoms with Crippen LogP contribution in [0.4, 0.5) is 0 Å². The van der Waals surface area contributed by atoms with Crippen molar-refractivity contribution in [2.24, 2.45) is 5.41 Å². The molecule has 3 rings (SSSR count). The first-order chi connectivity index (χ1) is 9.31. The minimum atomic E-state index is 0.460. The molecule has 1 heterocycles. The van der Waals surface area contributed by atoms with Crippen LogP contribution in [0.15, 0.2) is 24.3 Å². The SMILES string of the molecule is COCCNCC1(Cc2nc3ccccc3s2)CC1. The number of nitrogens with one attached hydrogen (secondary N) is 1. The molecule has 4 heteroatoms. The summed E-state index contributed by atoms with van der Waals surface area (Å²) in [5.41, 5.74) is 1.60. The zero-order valence-corrected chi connectivity index (χ0v) is 12.1. The fourth-order valence-electron chi connectivity index (χ4n) is 2.44. The second kappa shape index (κ2) is 5.57. The third-order valence-corrected chi connectivity index (χ3v) is 4.84. The van der Waals surface area contributed by atoms with E-state index in [1.807, 2.05) is 11.3 Å². The van der Waals surface area contributed by atoms with Gasteiger partial charge in [-0.2, -0.15) is 0 Å². The van der Waals surface area contributed by atoms with E-state index in [2.05, 4.69) is 29.6 Å². The number of aromatic nitrogens is 1. The second-order valence-corrected chi connectivity index (χ2v) is 6.54. The second-order valence-electron chi connectivity index (χ2n) is 5.42. The number of rotatable bonds is 7. The van der Waals surface area contributed by atoms with E-state index in [4.69, 9.17) is 9.72 Å². The average molecular weight is 276 g/mol. The lowest BCUT2D eigenvalue weighted by Crippen LogP contribution is -2.28. The molecule has 1 aliphatic carbocycles. The zero-order chi connectivity index (χ0) is 13.1. The lowest BCUT2D eigenvalue weighted by atomic mass is 10.0. The first-order valence-corrected chi connectivity index (χ1v) is 7.67. The van der Waals surface area contributed by atoms with Crippen molar-refractivity contribution in [3.05, 3.63) is 29.3 Å². The summed E-state index contributed by atoms with van der Waals surface area (Å²) in [6.45, 7) is 2.82. The molecular formula is C15H20N2OS. The molecule has 1 aromatic carbocycles. The Morgan fingerprint density at radius 3 is 2.95 bits per heavy atom. The van der Waals surface area contributed by atoms with Gasteiger partial charge >= 0.3 is 0 Å². The minimum Gasteiger partial charge on any atom is -0.383 e. The van der Waals surface area contributed by atoms with Gasteiger partial charge in [-0.3, -0.25) is 0 Å². The van der Waals surface area contributed by atoms with Gasteiger partial charge in [0, 0.05) is 26.6 Å². The predicted molar refractivity (Wildman–Crippen MR) is 79.7 cm³/mol. The highest BCUT2D eigenvalue weighted by Crippen LogP contribution is 2.48. The van der Waals surface area contributed by atoms with E-state index in [0.29, 0.717) is 5.41 Å². The van der Waals surface area contributed by atoms with Crippen molar-refractivity contribution >= 4 is 21.6 Å². The third-order valence-electron chi connectivity index (χ3n) is 3.80. The molecule has 0 atom stereocenters. The quantitative estimate of drug-likeness (QED) is 0.790. The summed E-state index contributed by atoms with van der Waals surface area (Å²) >= 11 is 1.84. The minimum absolute atomic E-state index is 0.460. The fraction of sp³-hybridized carbons (Fsp3) is 0.533. The fourth-order valence-corrected chi connectivity index (χ4v) is 3.58. The Morgan fingerprint density at radius 1 is 1.37 bits per heavy atom. The van der Waals surface area contributed by atoms with Gasteiger partial charge in [0.05, 0.1) is 21.8 Å². The van der Waals surface area contributed by atoms with Crippen LogP contribution in [0.2, 0.25) is 0 Å². The maximum Gasteiger partial charge on any atom is 0.0944 e. The average Bonchev–Trinajstić information content (AvgIpc) is 3.04. The number of nitrogens with zero attached hydrogens (tertiary/aromatic N) is 1. The summed E-state index contributed by atoms with van der Waals surface area (Å²) in [5.74, 6) is 0. The molecule has 19 heavy (non-hydrogen) atoms. The summed E-state index contributed by atoms with van der Waals surface area (Å²) < 4.78 is 6.37. The molecule has 102 valence electrons. The van der Waals surface area contributed by atoms with Crippen molar-refractivity contribution in [3.63, 3.8) is 0 Å². The van der Waals surface area contributed by atoms with E-state index in [9.17, 15) is 0 Å². The molecule has 0 bridgehead atoms. The van der Waals surface area contributed by atoms with Crippen molar-refractivity contribution < 1.29 is 4.74 Å². The Morgan fingerprint density at radius 2 is 2.21 bits per heavy atom. The number of para-hydroxylation sites is 1. The smallest absolute Gasteiger partial charge is 0.0944 e. The maximum absolute atomic E-state index is 5.06. The van der Waals surface area contributed by atoms with Crippen molar-refractivity contribution in [2.75, 3.05) is 26.8 Å². The molecule has 1 fully saturated rings. The molecule has 1 N–H and O–H groups in total. The maximum atomic E-state index is 5.06. The van der Waals surface area contributed by atoms with Gasteiger partial charge in [-0.25, -0.2) is 4.98 Å². The number of fused-ring (bicyclic) bond motifs is 1. The Bertz CT molecular complexity index is 515. The lowest BCUT2D eigenvalue weighted by Gasteiger charge is -2.14. The topological polar surface area (TPSA) is 34.1 Å². The van der Waals surface area contributed by atoms with E-state index in [-0.39, 0.29) is 0 Å². The Hall–Kier alpha value is -0.970. The molecule has 0 spiro atoms. The normalized spacial score (nSPS) is 16.9. The summed E-state index contributed by atoms with van der Waals surface area (Å²) in [7, 11) is 1.75. The molecule has 0 aliphatic heterocycles. The number of methoxy groups -OCH3 is 1. The van der Waals surface area contributed by atoms with E-state index < -0.39 is 0 Å². The monoisotopic (exact) mass is 276 g/mol. The number of ether oxygens (including phenoxy) is 1. The van der Waals surface area contributed by atoms with Crippen LogP contribution in [-0.2, 0) is 11.2 Å². The predicted octanol–water partition coefficient (Wildman–Crippen LogP) is 2.86. The van der Waals surface area contributed by atoms with Crippen LogP contribution in [-0.4, -0.2) is 31.8 Å². The van der Waals surface area contributed by atoms with Crippen molar-refractivity contribution in [1.29, 1.82) is 0 Å². The zero-order valence-electron chi connectivity index (χ0n) is 11.3. The van der Waals surface area contributed by atoms with Crippen LogP contribution in [0, 0.1) is 5.41 Å². The van der Waals surface area contributed by atoms with E-state index in [1.54, 1.807) is 7.11 Å². The molecule has 0 amide bonds. The molecule has 2 aromatic rings. The van der Waals surface area contributed by atoms with Crippen LogP contribution < -0.4 is 5.32 Å². The first kappa shape index (κ1) is 13.0. The molecule has 0 saturated heterocycles. The molecular weight excluding hydrogens is 256 g/mol. The molecule has 1 aromatic heterocycles. The van der Waals surface area contributed by atoms with Crippen molar-refractivity contribution in [2.45, 2.75) is 19.3 Å². The summed E-state index contributed by atoms with van der Waals surface area (Å²) in [6.07, 6.45) is 3.76. The molecule has 0 unspecified atom stereocenters. The molecule has 3 nitrogen and oxygen atoms in total. The van der Waals surface area contributed by atoms with Gasteiger partial charge in [0.2, 0.25) is 0 Å². The van der Waals surface area contributed by atoms with Gasteiger partial charge in [-0.15, -0.1) is 11.3 Å². The van der Waals surface area contributed by atoms with Crippen LogP contribution in [0.3, 0.4) is 0 Å². The van der Waals surface area contributed by atoms with Gasteiger partial charge in [-0.05, 0) is 30.4 Å². The third kappa shape index (κ3) is 3.14. The Balaban J connectivity index is 1.61. The highest BCUT2D eigenvalue weighted by atomic mass is 32.1. The van der Waals surface area contributed by atoms with Gasteiger partial charge in [0.15, 0.2) is 0 Å². The molecule has 0 radical (unpaired) electrons. The van der Waals surface area contributed by atoms with Crippen molar-refractivity contribution in [1.82, 2.24) is 10.3 Å². The van der Waals surface area contributed by atoms with Gasteiger partial charge < -0.3 is 10.1 Å².